The molecule has 0 aliphatic carbocycles. The summed E-state index contributed by atoms with van der Waals surface area (Å²) in [5.74, 6) is 0.261. The van der Waals surface area contributed by atoms with Crippen molar-refractivity contribution < 1.29 is 9.53 Å². The molecule has 0 aromatic carbocycles. The Labute approximate surface area is 67.1 Å². The third-order valence-electron chi connectivity index (χ3n) is 1.84. The van der Waals surface area contributed by atoms with Gasteiger partial charge in [0.2, 0.25) is 0 Å². The molecule has 0 radical (unpaired) electrons. The SMILES string of the molecule is CC(=O)CCC1COCCN1. The summed E-state index contributed by atoms with van der Waals surface area (Å²) in [5.41, 5.74) is 0. The van der Waals surface area contributed by atoms with E-state index in [9.17, 15) is 4.79 Å². The summed E-state index contributed by atoms with van der Waals surface area (Å²) in [4.78, 5) is 10.6. The van der Waals surface area contributed by atoms with Crippen LogP contribution in [0.1, 0.15) is 19.8 Å². The summed E-state index contributed by atoms with van der Waals surface area (Å²) < 4.78 is 5.24. The molecule has 1 rings (SSSR count). The van der Waals surface area contributed by atoms with E-state index in [4.69, 9.17) is 4.74 Å². The second-order valence-corrected chi connectivity index (χ2v) is 2.97. The maximum atomic E-state index is 10.6. The van der Waals surface area contributed by atoms with E-state index in [2.05, 4.69) is 5.32 Å². The zero-order chi connectivity index (χ0) is 8.10. The third kappa shape index (κ3) is 3.49. The molecule has 1 aliphatic heterocycles. The first-order valence-electron chi connectivity index (χ1n) is 4.09. The van der Waals surface area contributed by atoms with Gasteiger partial charge in [-0.3, -0.25) is 0 Å². The standard InChI is InChI=1S/C8H15NO2/c1-7(10)2-3-8-6-11-5-4-9-8/h8-9H,2-6H2,1H3. The number of hydrogen-bond donors (Lipinski definition) is 1. The summed E-state index contributed by atoms with van der Waals surface area (Å²) in [6, 6.07) is 0.396. The van der Waals surface area contributed by atoms with Crippen molar-refractivity contribution in [1.29, 1.82) is 0 Å². The van der Waals surface area contributed by atoms with Gasteiger partial charge in [-0.25, -0.2) is 0 Å². The summed E-state index contributed by atoms with van der Waals surface area (Å²) in [6.07, 6.45) is 1.58. The fraction of sp³-hybridized carbons (Fsp3) is 0.875. The number of carbonyl (C=O) groups is 1. The molecule has 0 spiro atoms. The Kier molecular flexibility index (Phi) is 3.52. The minimum Gasteiger partial charge on any atom is -0.379 e. The Morgan fingerprint density at radius 3 is 3.09 bits per heavy atom. The predicted octanol–water partition coefficient (Wildman–Crippen LogP) is 0.344. The van der Waals surface area contributed by atoms with Crippen LogP contribution in [0.5, 0.6) is 0 Å². The van der Waals surface area contributed by atoms with Gasteiger partial charge in [-0.05, 0) is 13.3 Å². The lowest BCUT2D eigenvalue weighted by atomic mass is 10.1. The zero-order valence-electron chi connectivity index (χ0n) is 6.93. The van der Waals surface area contributed by atoms with Crippen LogP contribution in [0.4, 0.5) is 0 Å². The quantitative estimate of drug-likeness (QED) is 0.642. The molecule has 0 bridgehead atoms. The largest absolute Gasteiger partial charge is 0.379 e. The number of ether oxygens (including phenoxy) is 1. The number of morpholine rings is 1. The number of Topliss-reactive ketones (excluding diaryl/α,β-unsaturated/α-hetero) is 1. The summed E-state index contributed by atoms with van der Waals surface area (Å²) in [5, 5.41) is 3.30. The molecule has 0 amide bonds. The van der Waals surface area contributed by atoms with Crippen LogP contribution in [0.15, 0.2) is 0 Å². The van der Waals surface area contributed by atoms with Gasteiger partial charge < -0.3 is 14.8 Å². The summed E-state index contributed by atoms with van der Waals surface area (Å²) in [6.45, 7) is 4.11. The normalized spacial score (nSPS) is 25.0. The molecule has 1 saturated heterocycles. The van der Waals surface area contributed by atoms with E-state index < -0.39 is 0 Å². The molecule has 1 fully saturated rings. The van der Waals surface area contributed by atoms with Gasteiger partial charge in [-0.15, -0.1) is 0 Å². The Bertz CT molecular complexity index is 130. The van der Waals surface area contributed by atoms with Crippen LogP contribution in [0.3, 0.4) is 0 Å². The fourth-order valence-electron chi connectivity index (χ4n) is 1.18. The van der Waals surface area contributed by atoms with E-state index in [1.807, 2.05) is 0 Å². The van der Waals surface area contributed by atoms with Gasteiger partial charge in [0.25, 0.3) is 0 Å². The molecule has 1 unspecified atom stereocenters. The number of rotatable bonds is 3. The van der Waals surface area contributed by atoms with Crippen LogP contribution in [-0.4, -0.2) is 31.6 Å². The molecule has 3 heteroatoms. The Hall–Kier alpha value is -0.410. The molecule has 3 nitrogen and oxygen atoms in total. The highest BCUT2D eigenvalue weighted by molar-refractivity contribution is 5.75. The lowest BCUT2D eigenvalue weighted by molar-refractivity contribution is -0.117. The van der Waals surface area contributed by atoms with Crippen LogP contribution < -0.4 is 5.32 Å². The van der Waals surface area contributed by atoms with Gasteiger partial charge in [-0.2, -0.15) is 0 Å². The highest BCUT2D eigenvalue weighted by Gasteiger charge is 2.12. The molecule has 0 aromatic heterocycles. The van der Waals surface area contributed by atoms with Crippen LogP contribution in [0.2, 0.25) is 0 Å². The first-order valence-corrected chi connectivity index (χ1v) is 4.09. The Morgan fingerprint density at radius 1 is 1.73 bits per heavy atom. The van der Waals surface area contributed by atoms with Gasteiger partial charge in [0.15, 0.2) is 0 Å². The Morgan fingerprint density at radius 2 is 2.55 bits per heavy atom. The van der Waals surface area contributed by atoms with Gasteiger partial charge in [0.1, 0.15) is 5.78 Å². The van der Waals surface area contributed by atoms with Crippen molar-refractivity contribution in [2.75, 3.05) is 19.8 Å². The maximum absolute atomic E-state index is 10.6. The minimum absolute atomic E-state index is 0.261. The van der Waals surface area contributed by atoms with E-state index in [-0.39, 0.29) is 5.78 Å². The molecule has 11 heavy (non-hydrogen) atoms. The van der Waals surface area contributed by atoms with Crippen molar-refractivity contribution >= 4 is 5.78 Å². The van der Waals surface area contributed by atoms with Crippen molar-refractivity contribution in [2.45, 2.75) is 25.8 Å². The molecule has 64 valence electrons. The molecule has 1 aliphatic rings. The fourth-order valence-corrected chi connectivity index (χ4v) is 1.18. The van der Waals surface area contributed by atoms with Crippen molar-refractivity contribution in [3.05, 3.63) is 0 Å². The number of carbonyl (C=O) groups excluding carboxylic acids is 1. The summed E-state index contributed by atoms with van der Waals surface area (Å²) >= 11 is 0. The second-order valence-electron chi connectivity index (χ2n) is 2.97. The van der Waals surface area contributed by atoms with E-state index in [1.54, 1.807) is 6.92 Å². The molecule has 1 atom stereocenters. The number of hydrogen-bond acceptors (Lipinski definition) is 3. The molecule has 0 saturated carbocycles. The van der Waals surface area contributed by atoms with Crippen LogP contribution in [-0.2, 0) is 9.53 Å². The van der Waals surface area contributed by atoms with Crippen LogP contribution in [0, 0.1) is 0 Å². The van der Waals surface area contributed by atoms with Gasteiger partial charge in [0.05, 0.1) is 13.2 Å². The van der Waals surface area contributed by atoms with Gasteiger partial charge >= 0.3 is 0 Å². The van der Waals surface area contributed by atoms with E-state index in [0.29, 0.717) is 12.5 Å². The molecular formula is C8H15NO2. The highest BCUT2D eigenvalue weighted by atomic mass is 16.5. The van der Waals surface area contributed by atoms with E-state index in [1.165, 1.54) is 0 Å². The maximum Gasteiger partial charge on any atom is 0.129 e. The van der Waals surface area contributed by atoms with Crippen molar-refractivity contribution in [3.8, 4) is 0 Å². The topological polar surface area (TPSA) is 38.3 Å². The summed E-state index contributed by atoms with van der Waals surface area (Å²) in [7, 11) is 0. The smallest absolute Gasteiger partial charge is 0.129 e. The Balaban J connectivity index is 2.09. The van der Waals surface area contributed by atoms with Gasteiger partial charge in [-0.1, -0.05) is 0 Å². The lowest BCUT2D eigenvalue weighted by Crippen LogP contribution is -2.41. The van der Waals surface area contributed by atoms with Crippen LogP contribution >= 0.6 is 0 Å². The van der Waals surface area contributed by atoms with Crippen molar-refractivity contribution in [2.24, 2.45) is 0 Å². The molecule has 1 heterocycles. The molecule has 1 N–H and O–H groups in total. The van der Waals surface area contributed by atoms with Gasteiger partial charge in [0, 0.05) is 19.0 Å². The second kappa shape index (κ2) is 4.46. The van der Waals surface area contributed by atoms with Crippen LogP contribution in [0.25, 0.3) is 0 Å². The first-order chi connectivity index (χ1) is 5.29. The number of nitrogens with one attached hydrogen (secondary N) is 1. The monoisotopic (exact) mass is 157 g/mol. The molecule has 0 aromatic rings. The molecular weight excluding hydrogens is 142 g/mol. The minimum atomic E-state index is 0.261. The van der Waals surface area contributed by atoms with Crippen molar-refractivity contribution in [3.63, 3.8) is 0 Å². The third-order valence-corrected chi connectivity index (χ3v) is 1.84. The van der Waals surface area contributed by atoms with Crippen molar-refractivity contribution in [1.82, 2.24) is 5.32 Å². The average molecular weight is 157 g/mol. The first kappa shape index (κ1) is 8.68. The van der Waals surface area contributed by atoms with E-state index in [0.717, 1.165) is 26.2 Å². The zero-order valence-corrected chi connectivity index (χ0v) is 6.93. The number of ketones is 1. The van der Waals surface area contributed by atoms with E-state index >= 15 is 0 Å². The predicted molar refractivity (Wildman–Crippen MR) is 42.5 cm³/mol. The average Bonchev–Trinajstić information content (AvgIpc) is 2.03. The lowest BCUT2D eigenvalue weighted by Gasteiger charge is -2.23. The highest BCUT2D eigenvalue weighted by Crippen LogP contribution is 2.01.